The molecule has 1 atom stereocenters. The van der Waals surface area contributed by atoms with Gasteiger partial charge in [-0.25, -0.2) is 4.79 Å². The Morgan fingerprint density at radius 3 is 3.15 bits per heavy atom. The minimum Gasteiger partial charge on any atom is -0.465 e. The summed E-state index contributed by atoms with van der Waals surface area (Å²) in [4.78, 5) is 19.3. The van der Waals surface area contributed by atoms with E-state index in [1.807, 2.05) is 6.08 Å². The number of aliphatic imine (C=N–C) groups is 2. The number of ether oxygens (including phenoxy) is 1. The van der Waals surface area contributed by atoms with Crippen molar-refractivity contribution in [1.82, 2.24) is 0 Å². The zero-order valence-electron chi connectivity index (χ0n) is 7.10. The summed E-state index contributed by atoms with van der Waals surface area (Å²) in [5.74, 6) is -0.366. The Morgan fingerprint density at radius 1 is 1.54 bits per heavy atom. The molecule has 0 amide bonds. The van der Waals surface area contributed by atoms with Crippen molar-refractivity contribution in [3.05, 3.63) is 23.3 Å². The van der Waals surface area contributed by atoms with Gasteiger partial charge >= 0.3 is 5.97 Å². The summed E-state index contributed by atoms with van der Waals surface area (Å²) in [5.41, 5.74) is 1.40. The van der Waals surface area contributed by atoms with Crippen molar-refractivity contribution in [2.45, 2.75) is 6.17 Å². The molecule has 66 valence electrons. The highest BCUT2D eigenvalue weighted by molar-refractivity contribution is 6.11. The topological polar surface area (TPSA) is 51.0 Å². The second-order valence-corrected chi connectivity index (χ2v) is 2.71. The second-order valence-electron chi connectivity index (χ2n) is 2.71. The van der Waals surface area contributed by atoms with Crippen molar-refractivity contribution in [3.63, 3.8) is 0 Å². The number of carbonyl (C=O) groups excluding carboxylic acids is 1. The minimum atomic E-state index is -0.366. The van der Waals surface area contributed by atoms with E-state index in [4.69, 9.17) is 0 Å². The lowest BCUT2D eigenvalue weighted by atomic mass is 10.1. The maximum atomic E-state index is 11.1. The Labute approximate surface area is 75.3 Å². The van der Waals surface area contributed by atoms with Crippen LogP contribution in [0, 0.1) is 0 Å². The lowest BCUT2D eigenvalue weighted by Gasteiger charge is -2.10. The number of rotatable bonds is 1. The minimum absolute atomic E-state index is 0.145. The van der Waals surface area contributed by atoms with Crippen LogP contribution in [-0.4, -0.2) is 31.7 Å². The van der Waals surface area contributed by atoms with Gasteiger partial charge in [-0.3, -0.25) is 9.98 Å². The molecule has 0 aromatic rings. The van der Waals surface area contributed by atoms with Crippen LogP contribution in [0.15, 0.2) is 33.3 Å². The normalized spacial score (nSPS) is 23.6. The molecule has 0 saturated carbocycles. The first kappa shape index (κ1) is 7.91. The van der Waals surface area contributed by atoms with Crippen molar-refractivity contribution in [2.24, 2.45) is 9.98 Å². The van der Waals surface area contributed by atoms with Gasteiger partial charge in [-0.1, -0.05) is 0 Å². The fourth-order valence-corrected chi connectivity index (χ4v) is 1.23. The molecule has 0 aromatic heterocycles. The van der Waals surface area contributed by atoms with Gasteiger partial charge in [-0.2, -0.15) is 0 Å². The highest BCUT2D eigenvalue weighted by atomic mass is 16.5. The zero-order valence-corrected chi connectivity index (χ0v) is 7.10. The quantitative estimate of drug-likeness (QED) is 0.546. The number of allylic oxidation sites excluding steroid dienone is 1. The molecule has 13 heavy (non-hydrogen) atoms. The van der Waals surface area contributed by atoms with Crippen molar-refractivity contribution in [1.29, 1.82) is 0 Å². The van der Waals surface area contributed by atoms with Gasteiger partial charge in [0.1, 0.15) is 0 Å². The predicted molar refractivity (Wildman–Crippen MR) is 49.0 cm³/mol. The summed E-state index contributed by atoms with van der Waals surface area (Å²) in [6.07, 6.45) is 6.62. The molecule has 0 saturated heterocycles. The standard InChI is InChI=1S/C9H8N2O2/c1-13-9(12)7-4-6-2-3-10-8(6)11-5-7/h2-5,8H,1H3/t8-/m0/s1. The molecule has 0 aliphatic carbocycles. The van der Waals surface area contributed by atoms with Gasteiger partial charge < -0.3 is 4.74 Å². The third kappa shape index (κ3) is 1.30. The SMILES string of the molecule is COC(=O)C1=CC2=CC=N[C@H]2N=C1. The number of hydrogen-bond donors (Lipinski definition) is 0. The largest absolute Gasteiger partial charge is 0.465 e. The lowest BCUT2D eigenvalue weighted by molar-refractivity contribution is -0.135. The highest BCUT2D eigenvalue weighted by Crippen LogP contribution is 2.19. The molecule has 2 aliphatic heterocycles. The van der Waals surface area contributed by atoms with Gasteiger partial charge in [0.05, 0.1) is 12.7 Å². The molecular formula is C9H8N2O2. The smallest absolute Gasteiger partial charge is 0.339 e. The fourth-order valence-electron chi connectivity index (χ4n) is 1.23. The summed E-state index contributed by atoms with van der Waals surface area (Å²) in [5, 5.41) is 0. The average molecular weight is 176 g/mol. The summed E-state index contributed by atoms with van der Waals surface area (Å²) in [6.45, 7) is 0. The van der Waals surface area contributed by atoms with E-state index in [0.29, 0.717) is 5.57 Å². The van der Waals surface area contributed by atoms with E-state index in [1.165, 1.54) is 13.3 Å². The van der Waals surface area contributed by atoms with Gasteiger partial charge in [-0.05, 0) is 12.2 Å². The molecule has 0 spiro atoms. The molecular weight excluding hydrogens is 168 g/mol. The van der Waals surface area contributed by atoms with E-state index in [9.17, 15) is 4.79 Å². The van der Waals surface area contributed by atoms with E-state index in [0.717, 1.165) is 5.57 Å². The third-order valence-corrected chi connectivity index (χ3v) is 1.89. The number of methoxy groups -OCH3 is 1. The first-order valence-corrected chi connectivity index (χ1v) is 3.88. The number of dihydropyridines is 1. The van der Waals surface area contributed by atoms with Crippen LogP contribution in [0.3, 0.4) is 0 Å². The van der Waals surface area contributed by atoms with E-state index in [1.54, 1.807) is 12.3 Å². The van der Waals surface area contributed by atoms with Crippen molar-refractivity contribution in [3.8, 4) is 0 Å². The molecule has 0 radical (unpaired) electrons. The summed E-state index contributed by atoms with van der Waals surface area (Å²) in [6, 6.07) is 0. The summed E-state index contributed by atoms with van der Waals surface area (Å²) >= 11 is 0. The van der Waals surface area contributed by atoms with E-state index < -0.39 is 0 Å². The Morgan fingerprint density at radius 2 is 2.38 bits per heavy atom. The predicted octanol–water partition coefficient (Wildman–Crippen LogP) is 0.507. The van der Waals surface area contributed by atoms with Crippen LogP contribution in [0.2, 0.25) is 0 Å². The zero-order chi connectivity index (χ0) is 9.26. The molecule has 0 fully saturated rings. The number of esters is 1. The Hall–Kier alpha value is -1.71. The molecule has 2 aliphatic rings. The number of hydrogen-bond acceptors (Lipinski definition) is 4. The van der Waals surface area contributed by atoms with Crippen LogP contribution >= 0.6 is 0 Å². The second kappa shape index (κ2) is 2.97. The highest BCUT2D eigenvalue weighted by Gasteiger charge is 2.19. The van der Waals surface area contributed by atoms with Gasteiger partial charge in [-0.15, -0.1) is 0 Å². The maximum absolute atomic E-state index is 11.1. The Bertz CT molecular complexity index is 364. The van der Waals surface area contributed by atoms with E-state index in [2.05, 4.69) is 14.7 Å². The molecule has 2 heterocycles. The van der Waals surface area contributed by atoms with Gasteiger partial charge in [0.15, 0.2) is 6.17 Å². The Kier molecular flexibility index (Phi) is 1.81. The summed E-state index contributed by atoms with van der Waals surface area (Å²) in [7, 11) is 1.35. The van der Waals surface area contributed by atoms with Gasteiger partial charge in [0.2, 0.25) is 0 Å². The molecule has 0 N–H and O–H groups in total. The van der Waals surface area contributed by atoms with Crippen LogP contribution in [-0.2, 0) is 9.53 Å². The number of carbonyl (C=O) groups is 1. The van der Waals surface area contributed by atoms with Crippen LogP contribution in [0.1, 0.15) is 0 Å². The number of fused-ring (bicyclic) bond motifs is 1. The third-order valence-electron chi connectivity index (χ3n) is 1.89. The van der Waals surface area contributed by atoms with Crippen LogP contribution < -0.4 is 0 Å². The van der Waals surface area contributed by atoms with E-state index >= 15 is 0 Å². The van der Waals surface area contributed by atoms with Gasteiger partial charge in [0.25, 0.3) is 0 Å². The van der Waals surface area contributed by atoms with Crippen LogP contribution in [0.25, 0.3) is 0 Å². The van der Waals surface area contributed by atoms with Crippen LogP contribution in [0.5, 0.6) is 0 Å². The number of nitrogens with zero attached hydrogens (tertiary/aromatic N) is 2. The maximum Gasteiger partial charge on any atom is 0.339 e. The van der Waals surface area contributed by atoms with Crippen molar-refractivity contribution in [2.75, 3.05) is 7.11 Å². The summed E-state index contributed by atoms with van der Waals surface area (Å²) < 4.78 is 4.57. The molecule has 0 aromatic carbocycles. The molecule has 2 rings (SSSR count). The molecule has 0 unspecified atom stereocenters. The first-order valence-electron chi connectivity index (χ1n) is 3.88. The Balaban J connectivity index is 2.26. The monoisotopic (exact) mass is 176 g/mol. The van der Waals surface area contributed by atoms with Crippen molar-refractivity contribution < 1.29 is 9.53 Å². The fraction of sp³-hybridized carbons (Fsp3) is 0.222. The molecule has 0 bridgehead atoms. The molecule has 4 heteroatoms. The van der Waals surface area contributed by atoms with E-state index in [-0.39, 0.29) is 12.1 Å². The molecule has 4 nitrogen and oxygen atoms in total. The average Bonchev–Trinajstić information content (AvgIpc) is 2.63. The van der Waals surface area contributed by atoms with Gasteiger partial charge in [0, 0.05) is 18.0 Å². The first-order chi connectivity index (χ1) is 6.31. The van der Waals surface area contributed by atoms with Crippen LogP contribution in [0.4, 0.5) is 0 Å². The van der Waals surface area contributed by atoms with Crippen molar-refractivity contribution >= 4 is 18.4 Å². The lowest BCUT2D eigenvalue weighted by Crippen LogP contribution is -2.13.